The van der Waals surface area contributed by atoms with Crippen molar-refractivity contribution < 1.29 is 33.4 Å². The van der Waals surface area contributed by atoms with Crippen LogP contribution in [0, 0.1) is 17.2 Å². The van der Waals surface area contributed by atoms with Crippen LogP contribution in [-0.2, 0) is 14.3 Å². The van der Waals surface area contributed by atoms with Crippen molar-refractivity contribution in [3.8, 4) is 17.6 Å². The Hall–Kier alpha value is -4.45. The van der Waals surface area contributed by atoms with Crippen LogP contribution in [0.25, 0.3) is 6.08 Å². The van der Waals surface area contributed by atoms with Crippen LogP contribution in [0.2, 0.25) is 0 Å². The van der Waals surface area contributed by atoms with Gasteiger partial charge in [0.15, 0.2) is 11.5 Å². The molecule has 0 spiro atoms. The van der Waals surface area contributed by atoms with Crippen molar-refractivity contribution >= 4 is 29.8 Å². The third-order valence-corrected chi connectivity index (χ3v) is 5.21. The highest BCUT2D eigenvalue weighted by Crippen LogP contribution is 2.32. The van der Waals surface area contributed by atoms with Crippen LogP contribution in [0.3, 0.4) is 0 Å². The Kier molecular flexibility index (Phi) is 7.12. The first-order chi connectivity index (χ1) is 16.2. The number of ether oxygens (including phenoxy) is 3. The number of fused-ring (bicyclic) bond motifs is 1. The van der Waals surface area contributed by atoms with E-state index in [1.165, 1.54) is 43.5 Å². The van der Waals surface area contributed by atoms with Crippen LogP contribution in [0.1, 0.15) is 40.1 Å². The van der Waals surface area contributed by atoms with Gasteiger partial charge < -0.3 is 14.2 Å². The fourth-order valence-electron chi connectivity index (χ4n) is 3.58. The molecular weight excluding hydrogens is 440 g/mol. The van der Waals surface area contributed by atoms with Crippen LogP contribution in [0.15, 0.2) is 48.0 Å². The molecule has 0 radical (unpaired) electrons. The molecule has 9 heteroatoms. The van der Waals surface area contributed by atoms with Gasteiger partial charge in [-0.25, -0.2) is 9.59 Å². The minimum Gasteiger partial charge on any atom is -0.493 e. The predicted molar refractivity (Wildman–Crippen MR) is 120 cm³/mol. The highest BCUT2D eigenvalue weighted by Gasteiger charge is 2.45. The van der Waals surface area contributed by atoms with E-state index in [2.05, 4.69) is 4.74 Å². The minimum atomic E-state index is -1.17. The summed E-state index contributed by atoms with van der Waals surface area (Å²) >= 11 is 0. The molecule has 0 aliphatic carbocycles. The maximum atomic E-state index is 13.1. The third-order valence-electron chi connectivity index (χ3n) is 5.21. The summed E-state index contributed by atoms with van der Waals surface area (Å²) in [6, 6.07) is 11.4. The second-order valence-electron chi connectivity index (χ2n) is 7.71. The SMILES string of the molecule is COC(=O)/C(C#N)=C/c1ccc(OC(=O)[C@@H](C(C)C)N2C(=O)c3ccccc3C2=O)c(OC)c1. The summed E-state index contributed by atoms with van der Waals surface area (Å²) < 4.78 is 15.4. The zero-order valence-electron chi connectivity index (χ0n) is 19.0. The first kappa shape index (κ1) is 24.2. The Bertz CT molecular complexity index is 1210. The van der Waals surface area contributed by atoms with Crippen molar-refractivity contribution in [2.24, 2.45) is 5.92 Å². The molecule has 0 aromatic heterocycles. The fourth-order valence-corrected chi connectivity index (χ4v) is 3.58. The van der Waals surface area contributed by atoms with Crippen LogP contribution >= 0.6 is 0 Å². The van der Waals surface area contributed by atoms with Gasteiger partial charge in [-0.3, -0.25) is 14.5 Å². The number of imide groups is 1. The van der Waals surface area contributed by atoms with E-state index >= 15 is 0 Å². The molecule has 0 fully saturated rings. The largest absolute Gasteiger partial charge is 0.493 e. The molecule has 34 heavy (non-hydrogen) atoms. The molecule has 0 unspecified atom stereocenters. The third kappa shape index (κ3) is 4.52. The van der Waals surface area contributed by atoms with E-state index < -0.39 is 35.7 Å². The van der Waals surface area contributed by atoms with E-state index in [-0.39, 0.29) is 28.2 Å². The molecule has 9 nitrogen and oxygen atoms in total. The standard InChI is InChI=1S/C25H22N2O7/c1-14(2)21(27-22(28)17-7-5-6-8-18(17)23(27)29)25(31)34-19-10-9-15(12-20(19)32-3)11-16(13-26)24(30)33-4/h5-12,14,21H,1-4H3/b16-11+/t21-/m1/s1. The number of methoxy groups -OCH3 is 2. The molecule has 1 aliphatic heterocycles. The van der Waals surface area contributed by atoms with E-state index in [1.54, 1.807) is 32.0 Å². The highest BCUT2D eigenvalue weighted by molar-refractivity contribution is 6.22. The van der Waals surface area contributed by atoms with Gasteiger partial charge >= 0.3 is 11.9 Å². The molecule has 1 atom stereocenters. The van der Waals surface area contributed by atoms with Gasteiger partial charge in [0.2, 0.25) is 0 Å². The van der Waals surface area contributed by atoms with Gasteiger partial charge in [0.1, 0.15) is 17.7 Å². The molecule has 174 valence electrons. The van der Waals surface area contributed by atoms with Crippen molar-refractivity contribution in [2.75, 3.05) is 14.2 Å². The monoisotopic (exact) mass is 462 g/mol. The van der Waals surface area contributed by atoms with Crippen molar-refractivity contribution in [2.45, 2.75) is 19.9 Å². The number of amides is 2. The number of hydrogen-bond acceptors (Lipinski definition) is 8. The Morgan fingerprint density at radius 1 is 1.00 bits per heavy atom. The molecule has 2 aromatic carbocycles. The van der Waals surface area contributed by atoms with Gasteiger partial charge in [-0.2, -0.15) is 5.26 Å². The van der Waals surface area contributed by atoms with Gasteiger partial charge in [-0.05, 0) is 41.8 Å². The van der Waals surface area contributed by atoms with E-state index in [0.29, 0.717) is 5.56 Å². The van der Waals surface area contributed by atoms with Gasteiger partial charge in [-0.15, -0.1) is 0 Å². The summed E-state index contributed by atoms with van der Waals surface area (Å²) in [5, 5.41) is 9.13. The second kappa shape index (κ2) is 10.0. The van der Waals surface area contributed by atoms with Crippen LogP contribution < -0.4 is 9.47 Å². The Balaban J connectivity index is 1.90. The number of benzene rings is 2. The fraction of sp³-hybridized carbons (Fsp3) is 0.240. The first-order valence-electron chi connectivity index (χ1n) is 10.3. The van der Waals surface area contributed by atoms with Crippen molar-refractivity contribution in [3.63, 3.8) is 0 Å². The van der Waals surface area contributed by atoms with E-state index in [1.807, 2.05) is 0 Å². The van der Waals surface area contributed by atoms with Crippen LogP contribution in [0.5, 0.6) is 11.5 Å². The van der Waals surface area contributed by atoms with Crippen molar-refractivity contribution in [3.05, 3.63) is 64.7 Å². The molecule has 0 bridgehead atoms. The van der Waals surface area contributed by atoms with E-state index in [0.717, 1.165) is 12.0 Å². The number of nitrogens with zero attached hydrogens (tertiary/aromatic N) is 2. The number of esters is 2. The normalized spacial score (nSPS) is 13.9. The zero-order valence-corrected chi connectivity index (χ0v) is 19.0. The van der Waals surface area contributed by atoms with Gasteiger partial charge in [0, 0.05) is 0 Å². The topological polar surface area (TPSA) is 123 Å². The maximum Gasteiger partial charge on any atom is 0.348 e. The van der Waals surface area contributed by atoms with Crippen LogP contribution in [0.4, 0.5) is 0 Å². The summed E-state index contributed by atoms with van der Waals surface area (Å²) in [6.45, 7) is 3.41. The molecule has 1 heterocycles. The molecule has 0 saturated carbocycles. The summed E-state index contributed by atoms with van der Waals surface area (Å²) in [5.74, 6) is -2.96. The number of hydrogen-bond donors (Lipinski definition) is 0. The van der Waals surface area contributed by atoms with Crippen LogP contribution in [-0.4, -0.2) is 48.9 Å². The molecule has 1 aliphatic rings. The lowest BCUT2D eigenvalue weighted by Crippen LogP contribution is -2.49. The quantitative estimate of drug-likeness (QED) is 0.202. The van der Waals surface area contributed by atoms with Crippen molar-refractivity contribution in [1.29, 1.82) is 5.26 Å². The van der Waals surface area contributed by atoms with Gasteiger partial charge in [-0.1, -0.05) is 32.0 Å². The summed E-state index contributed by atoms with van der Waals surface area (Å²) in [5.41, 5.74) is 0.677. The highest BCUT2D eigenvalue weighted by atomic mass is 16.6. The Morgan fingerprint density at radius 3 is 2.12 bits per heavy atom. The Morgan fingerprint density at radius 2 is 1.62 bits per heavy atom. The molecule has 3 rings (SSSR count). The first-order valence-corrected chi connectivity index (χ1v) is 10.3. The lowest BCUT2D eigenvalue weighted by molar-refractivity contribution is -0.140. The summed E-state index contributed by atoms with van der Waals surface area (Å²) in [4.78, 5) is 51.5. The summed E-state index contributed by atoms with van der Waals surface area (Å²) in [7, 11) is 2.52. The molecule has 0 N–H and O–H groups in total. The number of rotatable bonds is 7. The lowest BCUT2D eigenvalue weighted by Gasteiger charge is -2.27. The number of carbonyl (C=O) groups excluding carboxylic acids is 4. The summed E-state index contributed by atoms with van der Waals surface area (Å²) in [6.07, 6.45) is 1.30. The lowest BCUT2D eigenvalue weighted by atomic mass is 10.0. The van der Waals surface area contributed by atoms with E-state index in [9.17, 15) is 19.2 Å². The zero-order chi connectivity index (χ0) is 25.0. The number of nitriles is 1. The van der Waals surface area contributed by atoms with E-state index in [4.69, 9.17) is 14.7 Å². The Labute approximate surface area is 196 Å². The number of carbonyl (C=O) groups is 4. The molecular formula is C25H22N2O7. The molecule has 0 saturated heterocycles. The predicted octanol–water partition coefficient (Wildman–Crippen LogP) is 3.00. The van der Waals surface area contributed by atoms with Gasteiger partial charge in [0.25, 0.3) is 11.8 Å². The van der Waals surface area contributed by atoms with Gasteiger partial charge in [0.05, 0.1) is 25.3 Å². The van der Waals surface area contributed by atoms with Crippen molar-refractivity contribution in [1.82, 2.24) is 4.90 Å². The smallest absolute Gasteiger partial charge is 0.348 e. The average Bonchev–Trinajstić information content (AvgIpc) is 3.08. The maximum absolute atomic E-state index is 13.1. The molecule has 2 aromatic rings. The second-order valence-corrected chi connectivity index (χ2v) is 7.71. The average molecular weight is 462 g/mol. The molecule has 2 amide bonds. The minimum absolute atomic E-state index is 0.0449.